The highest BCUT2D eigenvalue weighted by Gasteiger charge is 2.24. The van der Waals surface area contributed by atoms with Gasteiger partial charge in [-0.3, -0.25) is 0 Å². The topological polar surface area (TPSA) is 42.2 Å². The Kier molecular flexibility index (Phi) is 3.35. The van der Waals surface area contributed by atoms with E-state index in [1.807, 2.05) is 5.51 Å². The van der Waals surface area contributed by atoms with Gasteiger partial charge in [-0.25, -0.2) is 4.98 Å². The van der Waals surface area contributed by atoms with Crippen molar-refractivity contribution in [3.63, 3.8) is 0 Å². The molecular weight excluding hydrogens is 274 g/mol. The second kappa shape index (κ2) is 4.87. The van der Waals surface area contributed by atoms with Crippen LogP contribution in [0.3, 0.4) is 0 Å². The normalized spacial score (nSPS) is 19.6. The zero-order valence-electron chi connectivity index (χ0n) is 11.3. The van der Waals surface area contributed by atoms with E-state index in [0.717, 1.165) is 35.7 Å². The van der Waals surface area contributed by atoms with Crippen LogP contribution in [0.5, 0.6) is 0 Å². The van der Waals surface area contributed by atoms with E-state index >= 15 is 0 Å². The van der Waals surface area contributed by atoms with Gasteiger partial charge in [0.1, 0.15) is 5.52 Å². The van der Waals surface area contributed by atoms with Crippen molar-refractivity contribution in [2.24, 2.45) is 0 Å². The molecule has 1 aromatic carbocycles. The van der Waals surface area contributed by atoms with Crippen LogP contribution in [0.25, 0.3) is 10.2 Å². The van der Waals surface area contributed by atoms with Crippen molar-refractivity contribution < 1.29 is 0 Å². The fraction of sp³-hybridized carbons (Fsp3) is 0.500. The summed E-state index contributed by atoms with van der Waals surface area (Å²) in [6, 6.07) is 4.29. The molecule has 2 heterocycles. The van der Waals surface area contributed by atoms with Crippen LogP contribution < -0.4 is 10.6 Å². The molecule has 0 radical (unpaired) electrons. The maximum absolute atomic E-state index is 6.31. The summed E-state index contributed by atoms with van der Waals surface area (Å²) in [4.78, 5) is 6.80. The molecule has 102 valence electrons. The molecule has 0 spiro atoms. The number of anilines is 2. The van der Waals surface area contributed by atoms with Crippen LogP contribution in [0, 0.1) is 0 Å². The summed E-state index contributed by atoms with van der Waals surface area (Å²) < 4.78 is 1.54. The third-order valence-electron chi connectivity index (χ3n) is 3.70. The van der Waals surface area contributed by atoms with Gasteiger partial charge in [0.15, 0.2) is 0 Å². The molecule has 1 saturated heterocycles. The average Bonchev–Trinajstić information content (AvgIpc) is 2.77. The third-order valence-corrected chi connectivity index (χ3v) is 5.86. The number of hydrogen-bond donors (Lipinski definition) is 1. The van der Waals surface area contributed by atoms with Crippen LogP contribution in [0.15, 0.2) is 17.6 Å². The molecule has 1 aliphatic rings. The van der Waals surface area contributed by atoms with E-state index in [0.29, 0.717) is 4.75 Å². The van der Waals surface area contributed by atoms with Crippen molar-refractivity contribution in [1.82, 2.24) is 4.98 Å². The van der Waals surface area contributed by atoms with Gasteiger partial charge in [0, 0.05) is 23.6 Å². The van der Waals surface area contributed by atoms with Crippen LogP contribution in [-0.4, -0.2) is 28.6 Å². The van der Waals surface area contributed by atoms with E-state index in [-0.39, 0.29) is 0 Å². The highest BCUT2D eigenvalue weighted by molar-refractivity contribution is 8.00. The van der Waals surface area contributed by atoms with Gasteiger partial charge in [-0.05, 0) is 18.6 Å². The number of aromatic nitrogens is 1. The molecule has 2 aromatic rings. The smallest absolute Gasteiger partial charge is 0.106 e. The van der Waals surface area contributed by atoms with E-state index in [2.05, 4.69) is 47.6 Å². The zero-order chi connectivity index (χ0) is 13.5. The fourth-order valence-corrected chi connectivity index (χ4v) is 4.27. The first-order valence-electron chi connectivity index (χ1n) is 6.57. The molecule has 0 saturated carbocycles. The summed E-state index contributed by atoms with van der Waals surface area (Å²) in [7, 11) is 0. The number of thioether (sulfide) groups is 1. The average molecular weight is 293 g/mol. The van der Waals surface area contributed by atoms with Crippen molar-refractivity contribution in [1.29, 1.82) is 0 Å². The number of nitrogens with zero attached hydrogens (tertiary/aromatic N) is 2. The van der Waals surface area contributed by atoms with Crippen molar-refractivity contribution in [3.05, 3.63) is 17.6 Å². The Morgan fingerprint density at radius 3 is 3.00 bits per heavy atom. The van der Waals surface area contributed by atoms with Crippen LogP contribution >= 0.6 is 23.1 Å². The molecule has 3 nitrogen and oxygen atoms in total. The monoisotopic (exact) mass is 293 g/mol. The van der Waals surface area contributed by atoms with Crippen molar-refractivity contribution in [2.45, 2.75) is 25.0 Å². The van der Waals surface area contributed by atoms with Crippen LogP contribution in [0.2, 0.25) is 0 Å². The zero-order valence-corrected chi connectivity index (χ0v) is 13.0. The summed E-state index contributed by atoms with van der Waals surface area (Å²) in [6.45, 7) is 6.79. The van der Waals surface area contributed by atoms with Crippen molar-refractivity contribution >= 4 is 44.7 Å². The SMILES string of the molecule is CC1(C)CCN(c2ccc3scnc3c2N)CCS1. The second-order valence-corrected chi connectivity index (χ2v) is 8.23. The Hall–Kier alpha value is -0.940. The first kappa shape index (κ1) is 13.1. The molecule has 1 aliphatic heterocycles. The first-order chi connectivity index (χ1) is 9.07. The van der Waals surface area contributed by atoms with Crippen LogP contribution in [0.4, 0.5) is 11.4 Å². The Balaban J connectivity index is 1.93. The molecule has 2 N–H and O–H groups in total. The van der Waals surface area contributed by atoms with Crippen LogP contribution in [-0.2, 0) is 0 Å². The molecule has 0 unspecified atom stereocenters. The summed E-state index contributed by atoms with van der Waals surface area (Å²) in [6.07, 6.45) is 1.19. The fourth-order valence-electron chi connectivity index (χ4n) is 2.48. The van der Waals surface area contributed by atoms with Gasteiger partial charge < -0.3 is 10.6 Å². The first-order valence-corrected chi connectivity index (χ1v) is 8.44. The Morgan fingerprint density at radius 1 is 1.32 bits per heavy atom. The van der Waals surface area contributed by atoms with E-state index in [1.54, 1.807) is 11.3 Å². The number of nitrogens with two attached hydrogens (primary N) is 1. The Morgan fingerprint density at radius 2 is 2.16 bits per heavy atom. The third kappa shape index (κ3) is 2.54. The van der Waals surface area contributed by atoms with Gasteiger partial charge in [0.2, 0.25) is 0 Å². The van der Waals surface area contributed by atoms with Crippen LogP contribution in [0.1, 0.15) is 20.3 Å². The maximum Gasteiger partial charge on any atom is 0.106 e. The van der Waals surface area contributed by atoms with E-state index in [9.17, 15) is 0 Å². The van der Waals surface area contributed by atoms with Gasteiger partial charge >= 0.3 is 0 Å². The van der Waals surface area contributed by atoms with Gasteiger partial charge in [0.25, 0.3) is 0 Å². The molecule has 1 aromatic heterocycles. The minimum absolute atomic E-state index is 0.369. The number of rotatable bonds is 1. The Labute approximate surface area is 122 Å². The molecule has 1 fully saturated rings. The number of hydrogen-bond acceptors (Lipinski definition) is 5. The molecule has 0 aliphatic carbocycles. The lowest BCUT2D eigenvalue weighted by molar-refractivity contribution is 0.638. The van der Waals surface area contributed by atoms with Gasteiger partial charge in [0.05, 0.1) is 21.6 Å². The molecule has 5 heteroatoms. The van der Waals surface area contributed by atoms with Crippen molar-refractivity contribution in [3.8, 4) is 0 Å². The predicted molar refractivity (Wildman–Crippen MR) is 87.4 cm³/mol. The lowest BCUT2D eigenvalue weighted by Gasteiger charge is -2.25. The quantitative estimate of drug-likeness (QED) is 0.816. The number of benzene rings is 1. The van der Waals surface area contributed by atoms with Gasteiger partial charge in [-0.2, -0.15) is 11.8 Å². The second-order valence-electron chi connectivity index (χ2n) is 5.54. The number of fused-ring (bicyclic) bond motifs is 1. The predicted octanol–water partition coefficient (Wildman–Crippen LogP) is 3.60. The molecule has 3 rings (SSSR count). The maximum atomic E-state index is 6.31. The highest BCUT2D eigenvalue weighted by atomic mass is 32.2. The molecule has 19 heavy (non-hydrogen) atoms. The number of thiazole rings is 1. The summed E-state index contributed by atoms with van der Waals surface area (Å²) in [5.41, 5.74) is 11.1. The molecule has 0 bridgehead atoms. The van der Waals surface area contributed by atoms with E-state index in [4.69, 9.17) is 5.73 Å². The number of nitrogen functional groups attached to an aromatic ring is 1. The summed E-state index contributed by atoms with van der Waals surface area (Å²) >= 11 is 3.70. The van der Waals surface area contributed by atoms with Gasteiger partial charge in [-0.1, -0.05) is 13.8 Å². The molecular formula is C14H19N3S2. The van der Waals surface area contributed by atoms with Gasteiger partial charge in [-0.15, -0.1) is 11.3 Å². The lowest BCUT2D eigenvalue weighted by atomic mass is 10.1. The van der Waals surface area contributed by atoms with E-state index < -0.39 is 0 Å². The molecule has 0 amide bonds. The summed E-state index contributed by atoms with van der Waals surface area (Å²) in [5.74, 6) is 1.15. The highest BCUT2D eigenvalue weighted by Crippen LogP contribution is 2.36. The minimum Gasteiger partial charge on any atom is -0.395 e. The minimum atomic E-state index is 0.369. The summed E-state index contributed by atoms with van der Waals surface area (Å²) in [5, 5.41) is 0. The lowest BCUT2D eigenvalue weighted by Crippen LogP contribution is -2.27. The van der Waals surface area contributed by atoms with Crippen molar-refractivity contribution in [2.75, 3.05) is 29.5 Å². The Bertz CT molecular complexity index is 591. The largest absolute Gasteiger partial charge is 0.395 e. The molecule has 0 atom stereocenters. The van der Waals surface area contributed by atoms with E-state index in [1.165, 1.54) is 11.1 Å². The standard InChI is InChI=1S/C14H19N3S2/c1-14(2)5-6-17(7-8-19-14)10-3-4-11-13(12(10)15)16-9-18-11/h3-4,9H,5-8,15H2,1-2H3.